The molecule has 2 nitrogen and oxygen atoms in total. The van der Waals surface area contributed by atoms with Gasteiger partial charge in [-0.2, -0.15) is 0 Å². The average Bonchev–Trinajstić information content (AvgIpc) is 2.34. The highest BCUT2D eigenvalue weighted by atomic mass is 16.4. The molecule has 0 rings (SSSR count). The van der Waals surface area contributed by atoms with Gasteiger partial charge in [0.2, 0.25) is 0 Å². The van der Waals surface area contributed by atoms with Crippen LogP contribution in [0.4, 0.5) is 0 Å². The Morgan fingerprint density at radius 3 is 1.89 bits per heavy atom. The van der Waals surface area contributed by atoms with Crippen LogP contribution in [-0.2, 0) is 4.79 Å². The van der Waals surface area contributed by atoms with E-state index in [9.17, 15) is 4.79 Å². The minimum Gasteiger partial charge on any atom is -0.481 e. The minimum atomic E-state index is -0.679. The molecule has 0 fully saturated rings. The van der Waals surface area contributed by atoms with Crippen molar-refractivity contribution in [1.82, 2.24) is 0 Å². The quantitative estimate of drug-likeness (QED) is 0.356. The smallest absolute Gasteiger partial charge is 0.303 e. The molecule has 0 aliphatic heterocycles. The van der Waals surface area contributed by atoms with E-state index in [2.05, 4.69) is 19.1 Å². The number of carboxylic acids is 1. The summed E-state index contributed by atoms with van der Waals surface area (Å²) >= 11 is 0. The summed E-state index contributed by atoms with van der Waals surface area (Å²) in [7, 11) is 0. The van der Waals surface area contributed by atoms with E-state index in [1.54, 1.807) is 0 Å². The van der Waals surface area contributed by atoms with Crippen molar-refractivity contribution in [2.75, 3.05) is 0 Å². The van der Waals surface area contributed by atoms with Crippen LogP contribution in [0.5, 0.6) is 0 Å². The predicted molar refractivity (Wildman–Crippen MR) is 77.9 cm³/mol. The molecule has 106 valence electrons. The van der Waals surface area contributed by atoms with E-state index < -0.39 is 5.97 Å². The van der Waals surface area contributed by atoms with Gasteiger partial charge in [-0.05, 0) is 32.1 Å². The summed E-state index contributed by atoms with van der Waals surface area (Å²) in [5.41, 5.74) is 0. The molecule has 0 saturated carbocycles. The molecule has 0 aromatic rings. The fourth-order valence-electron chi connectivity index (χ4n) is 1.99. The second-order valence-corrected chi connectivity index (χ2v) is 5.02. The van der Waals surface area contributed by atoms with Crippen molar-refractivity contribution in [3.8, 4) is 0 Å². The second-order valence-electron chi connectivity index (χ2n) is 5.02. The molecule has 0 saturated heterocycles. The van der Waals surface area contributed by atoms with E-state index in [1.165, 1.54) is 51.4 Å². The van der Waals surface area contributed by atoms with E-state index in [0.717, 1.165) is 19.3 Å². The van der Waals surface area contributed by atoms with Gasteiger partial charge in [0.1, 0.15) is 0 Å². The van der Waals surface area contributed by atoms with Crippen LogP contribution in [-0.4, -0.2) is 11.1 Å². The van der Waals surface area contributed by atoms with Gasteiger partial charge in [0.15, 0.2) is 0 Å². The highest BCUT2D eigenvalue weighted by Gasteiger charge is 1.94. The summed E-state index contributed by atoms with van der Waals surface area (Å²) < 4.78 is 0. The Labute approximate surface area is 112 Å². The molecule has 0 aromatic heterocycles. The van der Waals surface area contributed by atoms with E-state index in [-0.39, 0.29) is 0 Å². The lowest BCUT2D eigenvalue weighted by Crippen LogP contribution is -1.92. The number of carboxylic acid groups (broad SMARTS) is 1. The fourth-order valence-corrected chi connectivity index (χ4v) is 1.99. The molecular weight excluding hydrogens is 224 g/mol. The van der Waals surface area contributed by atoms with Crippen molar-refractivity contribution in [3.63, 3.8) is 0 Å². The van der Waals surface area contributed by atoms with Crippen molar-refractivity contribution in [2.24, 2.45) is 0 Å². The maximum atomic E-state index is 10.3. The van der Waals surface area contributed by atoms with Gasteiger partial charge in [0.05, 0.1) is 0 Å². The molecule has 0 unspecified atom stereocenters. The Bertz CT molecular complexity index is 209. The zero-order valence-corrected chi connectivity index (χ0v) is 12.0. The van der Waals surface area contributed by atoms with Gasteiger partial charge >= 0.3 is 5.97 Å². The molecule has 0 radical (unpaired) electrons. The molecule has 18 heavy (non-hydrogen) atoms. The Balaban J connectivity index is 3.06. The molecule has 1 N–H and O–H groups in total. The summed E-state index contributed by atoms with van der Waals surface area (Å²) in [6.45, 7) is 2.25. The molecule has 0 atom stereocenters. The van der Waals surface area contributed by atoms with Crippen molar-refractivity contribution >= 4 is 5.97 Å². The fraction of sp³-hybridized carbons (Fsp3) is 0.812. The van der Waals surface area contributed by atoms with Crippen molar-refractivity contribution in [1.29, 1.82) is 0 Å². The minimum absolute atomic E-state index is 0.311. The first-order chi connectivity index (χ1) is 8.77. The zero-order chi connectivity index (χ0) is 13.5. The van der Waals surface area contributed by atoms with Crippen molar-refractivity contribution in [3.05, 3.63) is 12.2 Å². The summed E-state index contributed by atoms with van der Waals surface area (Å²) in [5.74, 6) is -0.679. The summed E-state index contributed by atoms with van der Waals surface area (Å²) in [6.07, 6.45) is 18.3. The molecular formula is C16H30O2. The van der Waals surface area contributed by atoms with E-state index in [4.69, 9.17) is 5.11 Å². The highest BCUT2D eigenvalue weighted by molar-refractivity contribution is 5.66. The van der Waals surface area contributed by atoms with Crippen LogP contribution in [0.25, 0.3) is 0 Å². The SMILES string of the molecule is CCCCCCCCC/C=C/CCCCC(=O)O. The number of hydrogen-bond acceptors (Lipinski definition) is 1. The molecule has 2 heteroatoms. The van der Waals surface area contributed by atoms with Gasteiger partial charge in [-0.15, -0.1) is 0 Å². The van der Waals surface area contributed by atoms with Gasteiger partial charge in [0.25, 0.3) is 0 Å². The number of carbonyl (C=O) groups is 1. The molecule has 0 heterocycles. The topological polar surface area (TPSA) is 37.3 Å². The van der Waals surface area contributed by atoms with Gasteiger partial charge in [0, 0.05) is 6.42 Å². The number of rotatable bonds is 13. The molecule has 0 spiro atoms. The van der Waals surface area contributed by atoms with E-state index in [0.29, 0.717) is 6.42 Å². The molecule has 0 bridgehead atoms. The third-order valence-corrected chi connectivity index (χ3v) is 3.15. The number of allylic oxidation sites excluding steroid dienone is 2. The highest BCUT2D eigenvalue weighted by Crippen LogP contribution is 2.09. The zero-order valence-electron chi connectivity index (χ0n) is 12.0. The number of aliphatic carboxylic acids is 1. The van der Waals surface area contributed by atoms with Gasteiger partial charge in [-0.25, -0.2) is 0 Å². The van der Waals surface area contributed by atoms with Gasteiger partial charge < -0.3 is 5.11 Å². The average molecular weight is 254 g/mol. The maximum Gasteiger partial charge on any atom is 0.303 e. The van der Waals surface area contributed by atoms with Crippen LogP contribution < -0.4 is 0 Å². The summed E-state index contributed by atoms with van der Waals surface area (Å²) in [4.78, 5) is 10.3. The monoisotopic (exact) mass is 254 g/mol. The van der Waals surface area contributed by atoms with Crippen LogP contribution in [0.15, 0.2) is 12.2 Å². The van der Waals surface area contributed by atoms with Crippen LogP contribution in [0.2, 0.25) is 0 Å². The van der Waals surface area contributed by atoms with E-state index in [1.807, 2.05) is 0 Å². The second kappa shape index (κ2) is 14.3. The molecule has 0 aliphatic carbocycles. The van der Waals surface area contributed by atoms with Gasteiger partial charge in [-0.3, -0.25) is 4.79 Å². The first-order valence-electron chi connectivity index (χ1n) is 7.64. The number of unbranched alkanes of at least 4 members (excludes halogenated alkanes) is 9. The Morgan fingerprint density at radius 1 is 0.833 bits per heavy atom. The Morgan fingerprint density at radius 2 is 1.33 bits per heavy atom. The largest absolute Gasteiger partial charge is 0.481 e. The summed E-state index contributed by atoms with van der Waals surface area (Å²) in [6, 6.07) is 0. The lowest BCUT2D eigenvalue weighted by atomic mass is 10.1. The third-order valence-electron chi connectivity index (χ3n) is 3.15. The molecule has 0 aromatic carbocycles. The molecule has 0 aliphatic rings. The number of hydrogen-bond donors (Lipinski definition) is 1. The summed E-state index contributed by atoms with van der Waals surface area (Å²) in [5, 5.41) is 8.47. The Hall–Kier alpha value is -0.790. The first-order valence-corrected chi connectivity index (χ1v) is 7.64. The van der Waals surface area contributed by atoms with Gasteiger partial charge in [-0.1, -0.05) is 57.6 Å². The lowest BCUT2D eigenvalue weighted by molar-refractivity contribution is -0.137. The van der Waals surface area contributed by atoms with Crippen LogP contribution in [0.1, 0.15) is 84.0 Å². The van der Waals surface area contributed by atoms with Crippen LogP contribution in [0.3, 0.4) is 0 Å². The third kappa shape index (κ3) is 15.2. The lowest BCUT2D eigenvalue weighted by Gasteiger charge is -1.99. The van der Waals surface area contributed by atoms with Crippen LogP contribution in [0, 0.1) is 0 Å². The molecule has 0 amide bonds. The van der Waals surface area contributed by atoms with Crippen LogP contribution >= 0.6 is 0 Å². The van der Waals surface area contributed by atoms with E-state index >= 15 is 0 Å². The maximum absolute atomic E-state index is 10.3. The Kier molecular flexibility index (Phi) is 13.6. The standard InChI is InChI=1S/C16H30O2/c1-2-3-4-5-6-7-8-9-10-11-12-13-14-15-16(17)18/h10-11H,2-9,12-15H2,1H3,(H,17,18)/b11-10+. The van der Waals surface area contributed by atoms with Crippen molar-refractivity contribution in [2.45, 2.75) is 84.0 Å². The normalized spacial score (nSPS) is 11.2. The first kappa shape index (κ1) is 17.2. The van der Waals surface area contributed by atoms with Crippen molar-refractivity contribution < 1.29 is 9.90 Å². The predicted octanol–water partition coefficient (Wildman–Crippen LogP) is 5.33.